The molecule has 3 saturated heterocycles. The van der Waals surface area contributed by atoms with Crippen molar-refractivity contribution < 1.29 is 9.53 Å². The Bertz CT molecular complexity index is 866. The molecule has 4 heteroatoms. The maximum absolute atomic E-state index is 13.5. The maximum Gasteiger partial charge on any atom is 0.230 e. The minimum Gasteiger partial charge on any atom is -0.497 e. The Morgan fingerprint density at radius 3 is 2.59 bits per heavy atom. The van der Waals surface area contributed by atoms with Gasteiger partial charge in [0.1, 0.15) is 5.75 Å². The van der Waals surface area contributed by atoms with E-state index >= 15 is 0 Å². The smallest absolute Gasteiger partial charge is 0.230 e. The van der Waals surface area contributed by atoms with E-state index in [-0.39, 0.29) is 5.41 Å². The molecule has 152 valence electrons. The fraction of sp³-hybridized carbons (Fsp3) is 0.480. The van der Waals surface area contributed by atoms with E-state index in [1.807, 2.05) is 18.2 Å². The van der Waals surface area contributed by atoms with Gasteiger partial charge in [0.2, 0.25) is 5.91 Å². The number of carbonyl (C=O) groups excluding carboxylic acids is 1. The molecule has 0 aromatic heterocycles. The molecule has 3 unspecified atom stereocenters. The highest BCUT2D eigenvalue weighted by molar-refractivity contribution is 5.86. The molecule has 3 fully saturated rings. The molecule has 2 aromatic rings. The van der Waals surface area contributed by atoms with Gasteiger partial charge >= 0.3 is 0 Å². The van der Waals surface area contributed by atoms with Gasteiger partial charge in [0, 0.05) is 31.7 Å². The lowest BCUT2D eigenvalue weighted by molar-refractivity contribution is -0.137. The first kappa shape index (κ1) is 18.7. The van der Waals surface area contributed by atoms with Gasteiger partial charge in [-0.2, -0.15) is 0 Å². The summed E-state index contributed by atoms with van der Waals surface area (Å²) in [7, 11) is 1.70. The van der Waals surface area contributed by atoms with Crippen LogP contribution in [0.1, 0.15) is 36.8 Å². The number of carbonyl (C=O) groups is 1. The monoisotopic (exact) mass is 390 g/mol. The molecule has 29 heavy (non-hydrogen) atoms. The number of hydrogen-bond donors (Lipinski definition) is 0. The van der Waals surface area contributed by atoms with Gasteiger partial charge in [-0.05, 0) is 55.4 Å². The molecule has 3 atom stereocenters. The third-order valence-corrected chi connectivity index (χ3v) is 7.46. The Kier molecular flexibility index (Phi) is 4.83. The molecular weight excluding hydrogens is 360 g/mol. The molecule has 3 aliphatic heterocycles. The molecular formula is C25H30N2O2. The van der Waals surface area contributed by atoms with Crippen LogP contribution in [-0.4, -0.2) is 48.0 Å². The Balaban J connectivity index is 1.27. The van der Waals surface area contributed by atoms with Crippen molar-refractivity contribution in [1.29, 1.82) is 0 Å². The fourth-order valence-corrected chi connectivity index (χ4v) is 5.97. The lowest BCUT2D eigenvalue weighted by atomic mass is 9.72. The van der Waals surface area contributed by atoms with E-state index in [0.29, 0.717) is 18.0 Å². The number of ether oxygens (including phenoxy) is 1. The standard InChI is InChI=1S/C25H30N2O2/c1-29-22-10-7-20(8-11-22)18-27-21-9-12-23(27)25(17-21)14-16-26(24(25)28)15-13-19-5-3-2-4-6-19/h2-8,10-11,21,23H,9,12-18H2,1H3. The Morgan fingerprint density at radius 2 is 1.83 bits per heavy atom. The first-order valence-electron chi connectivity index (χ1n) is 10.9. The van der Waals surface area contributed by atoms with Crippen molar-refractivity contribution in [2.24, 2.45) is 5.41 Å². The molecule has 1 amide bonds. The molecule has 0 radical (unpaired) electrons. The summed E-state index contributed by atoms with van der Waals surface area (Å²) in [5, 5.41) is 0. The average Bonchev–Trinajstić information content (AvgIpc) is 3.39. The van der Waals surface area contributed by atoms with E-state index in [2.05, 4.69) is 46.2 Å². The molecule has 0 N–H and O–H groups in total. The number of rotatable bonds is 6. The summed E-state index contributed by atoms with van der Waals surface area (Å²) >= 11 is 0. The van der Waals surface area contributed by atoms with Crippen LogP contribution in [0.15, 0.2) is 54.6 Å². The highest BCUT2D eigenvalue weighted by Gasteiger charge is 2.62. The van der Waals surface area contributed by atoms with Gasteiger partial charge in [-0.15, -0.1) is 0 Å². The van der Waals surface area contributed by atoms with Crippen LogP contribution in [0, 0.1) is 5.41 Å². The van der Waals surface area contributed by atoms with Gasteiger partial charge in [-0.1, -0.05) is 42.5 Å². The minimum atomic E-state index is -0.133. The molecule has 4 nitrogen and oxygen atoms in total. The topological polar surface area (TPSA) is 32.8 Å². The SMILES string of the molecule is COc1ccc(CN2C3CCC2C2(CCN(CCc4ccccc4)C2=O)C3)cc1. The molecule has 0 saturated carbocycles. The van der Waals surface area contributed by atoms with Crippen LogP contribution in [-0.2, 0) is 17.8 Å². The summed E-state index contributed by atoms with van der Waals surface area (Å²) in [6.45, 7) is 2.71. The lowest BCUT2D eigenvalue weighted by Gasteiger charge is -2.32. The van der Waals surface area contributed by atoms with Gasteiger partial charge in [0.15, 0.2) is 0 Å². The van der Waals surface area contributed by atoms with Crippen LogP contribution < -0.4 is 4.74 Å². The van der Waals surface area contributed by atoms with Crippen LogP contribution in [0.3, 0.4) is 0 Å². The number of methoxy groups -OCH3 is 1. The van der Waals surface area contributed by atoms with Gasteiger partial charge < -0.3 is 9.64 Å². The van der Waals surface area contributed by atoms with Crippen molar-refractivity contribution in [1.82, 2.24) is 9.80 Å². The first-order chi connectivity index (χ1) is 14.2. The van der Waals surface area contributed by atoms with E-state index < -0.39 is 0 Å². The summed E-state index contributed by atoms with van der Waals surface area (Å²) in [5.74, 6) is 1.31. The molecule has 5 rings (SSSR count). The quantitative estimate of drug-likeness (QED) is 0.750. The van der Waals surface area contributed by atoms with E-state index in [1.165, 1.54) is 24.0 Å². The largest absolute Gasteiger partial charge is 0.497 e. The molecule has 0 aliphatic carbocycles. The maximum atomic E-state index is 13.5. The molecule has 1 spiro atoms. The van der Waals surface area contributed by atoms with Crippen molar-refractivity contribution in [3.63, 3.8) is 0 Å². The summed E-state index contributed by atoms with van der Waals surface area (Å²) in [6, 6.07) is 19.9. The number of hydrogen-bond acceptors (Lipinski definition) is 3. The second-order valence-electron chi connectivity index (χ2n) is 8.91. The number of benzene rings is 2. The van der Waals surface area contributed by atoms with Crippen molar-refractivity contribution in [3.8, 4) is 5.75 Å². The Hall–Kier alpha value is -2.33. The predicted molar refractivity (Wildman–Crippen MR) is 114 cm³/mol. The Morgan fingerprint density at radius 1 is 1.03 bits per heavy atom. The summed E-state index contributed by atoms with van der Waals surface area (Å²) in [6.07, 6.45) is 5.43. The van der Waals surface area contributed by atoms with Gasteiger partial charge in [-0.25, -0.2) is 0 Å². The first-order valence-corrected chi connectivity index (χ1v) is 10.9. The highest BCUT2D eigenvalue weighted by atomic mass is 16.5. The van der Waals surface area contributed by atoms with E-state index in [1.54, 1.807) is 7.11 Å². The minimum absolute atomic E-state index is 0.133. The second kappa shape index (κ2) is 7.49. The zero-order chi connectivity index (χ0) is 19.8. The van der Waals surface area contributed by atoms with Gasteiger partial charge in [-0.3, -0.25) is 9.69 Å². The van der Waals surface area contributed by atoms with E-state index in [9.17, 15) is 4.79 Å². The summed E-state index contributed by atoms with van der Waals surface area (Å²) in [5.41, 5.74) is 2.49. The van der Waals surface area contributed by atoms with E-state index in [0.717, 1.165) is 44.6 Å². The van der Waals surface area contributed by atoms with Crippen LogP contribution in [0.25, 0.3) is 0 Å². The van der Waals surface area contributed by atoms with Gasteiger partial charge in [0.25, 0.3) is 0 Å². The third-order valence-electron chi connectivity index (χ3n) is 7.46. The van der Waals surface area contributed by atoms with Crippen molar-refractivity contribution >= 4 is 5.91 Å². The normalized spacial score (nSPS) is 28.6. The van der Waals surface area contributed by atoms with E-state index in [4.69, 9.17) is 4.74 Å². The van der Waals surface area contributed by atoms with Crippen LogP contribution in [0.2, 0.25) is 0 Å². The fourth-order valence-electron chi connectivity index (χ4n) is 5.97. The van der Waals surface area contributed by atoms with Crippen LogP contribution in [0.4, 0.5) is 0 Å². The van der Waals surface area contributed by atoms with Crippen molar-refractivity contribution in [2.45, 2.75) is 50.7 Å². The zero-order valence-corrected chi connectivity index (χ0v) is 17.2. The lowest BCUT2D eigenvalue weighted by Crippen LogP contribution is -2.44. The highest BCUT2D eigenvalue weighted by Crippen LogP contribution is 2.55. The molecule has 3 heterocycles. The van der Waals surface area contributed by atoms with Gasteiger partial charge in [0.05, 0.1) is 12.5 Å². The van der Waals surface area contributed by atoms with Crippen LogP contribution in [0.5, 0.6) is 5.75 Å². The average molecular weight is 391 g/mol. The Labute approximate surface area is 173 Å². The number of amides is 1. The van der Waals surface area contributed by atoms with Crippen LogP contribution >= 0.6 is 0 Å². The molecule has 2 bridgehead atoms. The second-order valence-corrected chi connectivity index (χ2v) is 8.91. The van der Waals surface area contributed by atoms with Crippen molar-refractivity contribution in [3.05, 3.63) is 65.7 Å². The van der Waals surface area contributed by atoms with Crippen molar-refractivity contribution in [2.75, 3.05) is 20.2 Å². The molecule has 2 aromatic carbocycles. The molecule has 3 aliphatic rings. The third kappa shape index (κ3) is 3.24. The number of likely N-dealkylation sites (tertiary alicyclic amines) is 1. The summed E-state index contributed by atoms with van der Waals surface area (Å²) in [4.78, 5) is 18.3. The predicted octanol–water partition coefficient (Wildman–Crippen LogP) is 3.89. The summed E-state index contributed by atoms with van der Waals surface area (Å²) < 4.78 is 5.29. The number of nitrogens with zero attached hydrogens (tertiary/aromatic N) is 2. The zero-order valence-electron chi connectivity index (χ0n) is 17.2. The number of fused-ring (bicyclic) bond motifs is 3.